The van der Waals surface area contributed by atoms with Gasteiger partial charge < -0.3 is 0 Å². The van der Waals surface area contributed by atoms with Gasteiger partial charge in [-0.2, -0.15) is 10.5 Å². The van der Waals surface area contributed by atoms with Crippen LogP contribution in [0.2, 0.25) is 0 Å². The summed E-state index contributed by atoms with van der Waals surface area (Å²) in [5.74, 6) is 0.526. The fraction of sp³-hybridized carbons (Fsp3) is 0.667. The van der Waals surface area contributed by atoms with E-state index in [-0.39, 0.29) is 0 Å². The molecule has 3 heteroatoms. The minimum atomic E-state index is 0.526. The van der Waals surface area contributed by atoms with Crippen LogP contribution in [0.5, 0.6) is 0 Å². The Bertz CT molecular complexity index is 393. The zero-order chi connectivity index (χ0) is 13.2. The van der Waals surface area contributed by atoms with Crippen LogP contribution in [0.3, 0.4) is 0 Å². The number of nitriles is 2. The molecule has 0 aromatic heterocycles. The van der Waals surface area contributed by atoms with Crippen molar-refractivity contribution in [2.45, 2.75) is 51.9 Å². The van der Waals surface area contributed by atoms with Gasteiger partial charge in [-0.1, -0.05) is 13.0 Å². The van der Waals surface area contributed by atoms with Crippen LogP contribution < -0.4 is 0 Å². The minimum Gasteiger partial charge on any atom is -0.289 e. The number of rotatable bonds is 7. The van der Waals surface area contributed by atoms with Crippen molar-refractivity contribution >= 4 is 5.71 Å². The Labute approximate surface area is 110 Å². The van der Waals surface area contributed by atoms with Gasteiger partial charge in [0.1, 0.15) is 0 Å². The molecule has 0 bridgehead atoms. The average molecular weight is 243 g/mol. The first kappa shape index (κ1) is 14.5. The molecule has 0 amide bonds. The summed E-state index contributed by atoms with van der Waals surface area (Å²) in [5.41, 5.74) is 2.61. The molecular formula is C15H21N3. The van der Waals surface area contributed by atoms with Gasteiger partial charge in [0.25, 0.3) is 0 Å². The maximum absolute atomic E-state index is 8.51. The highest BCUT2D eigenvalue weighted by atomic mass is 14.8. The highest BCUT2D eigenvalue weighted by Crippen LogP contribution is 2.24. The molecule has 18 heavy (non-hydrogen) atoms. The van der Waals surface area contributed by atoms with Crippen LogP contribution in [-0.4, -0.2) is 12.3 Å². The molecule has 0 aromatic rings. The van der Waals surface area contributed by atoms with E-state index >= 15 is 0 Å². The van der Waals surface area contributed by atoms with Crippen LogP contribution in [0.1, 0.15) is 51.9 Å². The minimum absolute atomic E-state index is 0.526. The van der Waals surface area contributed by atoms with Gasteiger partial charge in [0.2, 0.25) is 0 Å². The van der Waals surface area contributed by atoms with E-state index in [1.807, 2.05) is 0 Å². The molecule has 0 saturated carbocycles. The van der Waals surface area contributed by atoms with Crippen LogP contribution >= 0.6 is 0 Å². The van der Waals surface area contributed by atoms with E-state index in [4.69, 9.17) is 10.5 Å². The first-order chi connectivity index (χ1) is 8.79. The van der Waals surface area contributed by atoms with Crippen molar-refractivity contribution in [1.29, 1.82) is 10.5 Å². The Morgan fingerprint density at radius 3 is 2.67 bits per heavy atom. The normalized spacial score (nSPS) is 20.5. The average Bonchev–Trinajstić information content (AvgIpc) is 2.72. The van der Waals surface area contributed by atoms with Crippen molar-refractivity contribution in [3.63, 3.8) is 0 Å². The van der Waals surface area contributed by atoms with Crippen molar-refractivity contribution in [3.8, 4) is 12.1 Å². The molecule has 1 heterocycles. The van der Waals surface area contributed by atoms with Gasteiger partial charge in [0.15, 0.2) is 0 Å². The zero-order valence-electron chi connectivity index (χ0n) is 11.2. The van der Waals surface area contributed by atoms with Gasteiger partial charge in [0, 0.05) is 31.0 Å². The van der Waals surface area contributed by atoms with Gasteiger partial charge in [-0.25, -0.2) is 0 Å². The number of allylic oxidation sites excluding steroid dienone is 1. The zero-order valence-corrected chi connectivity index (χ0v) is 11.2. The SMILES string of the molecule is CC1CN=C(CCCCC#N)/C1=C/CCCC#N. The van der Waals surface area contributed by atoms with Crippen LogP contribution in [0.15, 0.2) is 16.6 Å². The number of aliphatic imine (C=N–C) groups is 1. The molecule has 0 saturated heterocycles. The van der Waals surface area contributed by atoms with Gasteiger partial charge in [-0.05, 0) is 37.7 Å². The predicted molar refractivity (Wildman–Crippen MR) is 73.1 cm³/mol. The van der Waals surface area contributed by atoms with E-state index in [2.05, 4.69) is 30.1 Å². The van der Waals surface area contributed by atoms with E-state index in [9.17, 15) is 0 Å². The quantitative estimate of drug-likeness (QED) is 0.639. The molecule has 0 fully saturated rings. The third kappa shape index (κ3) is 4.72. The predicted octanol–water partition coefficient (Wildman–Crippen LogP) is 3.78. The Balaban J connectivity index is 2.41. The Morgan fingerprint density at radius 1 is 1.22 bits per heavy atom. The summed E-state index contributed by atoms with van der Waals surface area (Å²) in [6, 6.07) is 4.35. The summed E-state index contributed by atoms with van der Waals surface area (Å²) >= 11 is 0. The van der Waals surface area contributed by atoms with E-state index in [0.717, 1.165) is 38.6 Å². The van der Waals surface area contributed by atoms with Gasteiger partial charge >= 0.3 is 0 Å². The highest BCUT2D eigenvalue weighted by Gasteiger charge is 2.19. The fourth-order valence-corrected chi connectivity index (χ4v) is 2.20. The lowest BCUT2D eigenvalue weighted by Gasteiger charge is -2.08. The lowest BCUT2D eigenvalue weighted by atomic mass is 9.95. The molecule has 96 valence electrons. The monoisotopic (exact) mass is 243 g/mol. The van der Waals surface area contributed by atoms with Crippen LogP contribution in [0.4, 0.5) is 0 Å². The summed E-state index contributed by atoms with van der Waals surface area (Å²) in [4.78, 5) is 4.60. The summed E-state index contributed by atoms with van der Waals surface area (Å²) in [5, 5.41) is 17.0. The molecule has 1 atom stereocenters. The molecule has 3 nitrogen and oxygen atoms in total. The topological polar surface area (TPSA) is 59.9 Å². The van der Waals surface area contributed by atoms with E-state index in [1.165, 1.54) is 11.3 Å². The molecular weight excluding hydrogens is 222 g/mol. The number of unbranched alkanes of at least 4 members (excludes halogenated alkanes) is 4. The summed E-state index contributed by atoms with van der Waals surface area (Å²) in [6.07, 6.45) is 8.46. The molecule has 0 N–H and O–H groups in total. The first-order valence-electron chi connectivity index (χ1n) is 6.77. The van der Waals surface area contributed by atoms with Crippen molar-refractivity contribution in [2.75, 3.05) is 6.54 Å². The molecule has 0 radical (unpaired) electrons. The second kappa shape index (κ2) is 8.48. The van der Waals surface area contributed by atoms with Crippen LogP contribution in [0, 0.1) is 28.6 Å². The second-order valence-corrected chi connectivity index (χ2v) is 4.76. The van der Waals surface area contributed by atoms with Crippen molar-refractivity contribution in [1.82, 2.24) is 0 Å². The summed E-state index contributed by atoms with van der Waals surface area (Å²) < 4.78 is 0. The maximum Gasteiger partial charge on any atom is 0.0621 e. The summed E-state index contributed by atoms with van der Waals surface area (Å²) in [7, 11) is 0. The Kier molecular flexibility index (Phi) is 6.81. The van der Waals surface area contributed by atoms with Crippen LogP contribution in [0.25, 0.3) is 0 Å². The van der Waals surface area contributed by atoms with Crippen molar-refractivity contribution in [3.05, 3.63) is 11.6 Å². The molecule has 1 aliphatic heterocycles. The molecule has 1 rings (SSSR count). The largest absolute Gasteiger partial charge is 0.289 e. The third-order valence-corrected chi connectivity index (χ3v) is 3.23. The molecule has 1 unspecified atom stereocenters. The first-order valence-corrected chi connectivity index (χ1v) is 6.77. The smallest absolute Gasteiger partial charge is 0.0621 e. The fourth-order valence-electron chi connectivity index (χ4n) is 2.20. The van der Waals surface area contributed by atoms with E-state index < -0.39 is 0 Å². The van der Waals surface area contributed by atoms with Gasteiger partial charge in [-0.3, -0.25) is 4.99 Å². The molecule has 1 aliphatic rings. The molecule has 0 spiro atoms. The highest BCUT2D eigenvalue weighted by molar-refractivity contribution is 6.02. The van der Waals surface area contributed by atoms with E-state index in [1.54, 1.807) is 0 Å². The van der Waals surface area contributed by atoms with Gasteiger partial charge in [-0.15, -0.1) is 0 Å². The second-order valence-electron chi connectivity index (χ2n) is 4.76. The van der Waals surface area contributed by atoms with E-state index in [0.29, 0.717) is 18.8 Å². The Morgan fingerprint density at radius 2 is 1.94 bits per heavy atom. The summed E-state index contributed by atoms with van der Waals surface area (Å²) in [6.45, 7) is 3.11. The molecule has 0 aliphatic carbocycles. The third-order valence-electron chi connectivity index (χ3n) is 3.23. The standard InChI is InChI=1S/C15H21N3/c1-13-12-18-15(9-5-3-7-11-17)14(13)8-4-2-6-10-16/h8,13H,2-7,9,12H2,1H3/b14-8+. The molecule has 0 aromatic carbocycles. The number of nitrogens with zero attached hydrogens (tertiary/aromatic N) is 3. The maximum atomic E-state index is 8.51. The lowest BCUT2D eigenvalue weighted by Crippen LogP contribution is -2.04. The van der Waals surface area contributed by atoms with Crippen molar-refractivity contribution < 1.29 is 0 Å². The number of hydrogen-bond acceptors (Lipinski definition) is 3. The van der Waals surface area contributed by atoms with Gasteiger partial charge in [0.05, 0.1) is 12.1 Å². The lowest BCUT2D eigenvalue weighted by molar-refractivity contribution is 0.743. The Hall–Kier alpha value is -1.61. The number of hydrogen-bond donors (Lipinski definition) is 0. The van der Waals surface area contributed by atoms with Crippen molar-refractivity contribution in [2.24, 2.45) is 10.9 Å². The van der Waals surface area contributed by atoms with Crippen LogP contribution in [-0.2, 0) is 0 Å².